The van der Waals surface area contributed by atoms with Crippen LogP contribution < -0.4 is 5.43 Å². The molecule has 0 saturated heterocycles. The Bertz CT molecular complexity index is 458. The van der Waals surface area contributed by atoms with Crippen molar-refractivity contribution in [2.24, 2.45) is 16.9 Å². The maximum atomic E-state index is 14.6. The summed E-state index contributed by atoms with van der Waals surface area (Å²) in [5.74, 6) is -2.62. The lowest BCUT2D eigenvalue weighted by Gasteiger charge is -2.30. The number of Topliss-reactive ketones (excluding diaryl/α,β-unsaturated/α-hetero) is 1. The Hall–Kier alpha value is -0.850. The quantitative estimate of drug-likeness (QED) is 0.694. The van der Waals surface area contributed by atoms with Crippen molar-refractivity contribution in [3.05, 3.63) is 0 Å². The fraction of sp³-hybridized carbons (Fsp3) is 0.833. The van der Waals surface area contributed by atoms with E-state index in [2.05, 4.69) is 10.5 Å². The number of nitrogens with zero attached hydrogens (tertiary/aromatic N) is 1. The van der Waals surface area contributed by atoms with Gasteiger partial charge in [0.1, 0.15) is 11.6 Å². The maximum Gasteiger partial charge on any atom is 0.400 e. The van der Waals surface area contributed by atoms with E-state index in [0.717, 1.165) is 0 Å². The summed E-state index contributed by atoms with van der Waals surface area (Å²) < 4.78 is 51.1. The molecule has 122 valence electrons. The number of hydrogen-bond donors (Lipinski definition) is 1. The molecule has 1 rings (SSSR count). The van der Waals surface area contributed by atoms with Gasteiger partial charge < -0.3 is 14.5 Å². The van der Waals surface area contributed by atoms with Gasteiger partial charge in [-0.25, -0.2) is 0 Å². The highest BCUT2D eigenvalue weighted by Gasteiger charge is 2.62. The molecule has 0 aromatic heterocycles. The van der Waals surface area contributed by atoms with Crippen LogP contribution in [0.25, 0.3) is 0 Å². The molecule has 0 saturated carbocycles. The fourth-order valence-electron chi connectivity index (χ4n) is 1.95. The second kappa shape index (κ2) is 6.94. The minimum absolute atomic E-state index is 0.183. The molecule has 1 unspecified atom stereocenters. The van der Waals surface area contributed by atoms with Gasteiger partial charge in [-0.3, -0.25) is 9.36 Å². The molecule has 0 bridgehead atoms. The van der Waals surface area contributed by atoms with Gasteiger partial charge in [-0.1, -0.05) is 13.8 Å². The molecule has 0 fully saturated rings. The number of ketones is 1. The number of carbonyl (C=O) groups is 1. The van der Waals surface area contributed by atoms with E-state index in [1.165, 1.54) is 13.8 Å². The highest BCUT2D eigenvalue weighted by atomic mass is 31.2. The normalized spacial score (nSPS) is 19.6. The molecule has 1 atom stereocenters. The molecule has 0 aliphatic carbocycles. The molecular weight excluding hydrogens is 305 g/mol. The summed E-state index contributed by atoms with van der Waals surface area (Å²) in [6, 6.07) is 0. The van der Waals surface area contributed by atoms with Gasteiger partial charge in [-0.2, -0.15) is 13.9 Å². The molecule has 1 aliphatic rings. The monoisotopic (exact) mass is 326 g/mol. The topological polar surface area (TPSA) is 77.0 Å². The van der Waals surface area contributed by atoms with Gasteiger partial charge >= 0.3 is 13.3 Å². The van der Waals surface area contributed by atoms with E-state index in [-0.39, 0.29) is 25.5 Å². The molecule has 0 amide bonds. The molecule has 0 aromatic carbocycles. The van der Waals surface area contributed by atoms with Crippen LogP contribution in [-0.2, 0) is 18.4 Å². The Morgan fingerprint density at radius 1 is 1.43 bits per heavy atom. The van der Waals surface area contributed by atoms with Crippen LogP contribution >= 0.6 is 7.60 Å². The van der Waals surface area contributed by atoms with Crippen molar-refractivity contribution < 1.29 is 27.2 Å². The van der Waals surface area contributed by atoms with Crippen LogP contribution in [0.3, 0.4) is 0 Å². The van der Waals surface area contributed by atoms with E-state index in [1.807, 2.05) is 0 Å². The van der Waals surface area contributed by atoms with Crippen molar-refractivity contribution in [3.63, 3.8) is 0 Å². The van der Waals surface area contributed by atoms with Crippen LogP contribution in [0.2, 0.25) is 0 Å². The number of hydrazone groups is 1. The first-order valence-corrected chi connectivity index (χ1v) is 8.37. The molecule has 1 N–H and O–H groups in total. The minimum Gasteiger partial charge on any atom is -0.309 e. The van der Waals surface area contributed by atoms with Crippen molar-refractivity contribution in [1.82, 2.24) is 5.43 Å². The SMILES string of the molecule is CCOP(=O)(OCC)C(F)(F)C1CNN=C1C(=O)C(C)C. The number of nitrogens with one attached hydrogen (secondary N) is 1. The third-order valence-corrected chi connectivity index (χ3v) is 5.22. The molecular formula is C12H21F2N2O4P. The standard InChI is InChI=1S/C12H21F2N2O4P/c1-5-19-21(18,20-6-2)12(13,14)9-7-15-16-10(9)11(17)8(3)4/h8-9,15H,5-7H2,1-4H3. The number of carbonyl (C=O) groups excluding carboxylic acids is 1. The van der Waals surface area contributed by atoms with E-state index < -0.39 is 30.9 Å². The Morgan fingerprint density at radius 3 is 2.38 bits per heavy atom. The number of hydrogen-bond acceptors (Lipinski definition) is 6. The predicted octanol–water partition coefficient (Wildman–Crippen LogP) is 2.65. The average molecular weight is 326 g/mol. The molecule has 6 nitrogen and oxygen atoms in total. The summed E-state index contributed by atoms with van der Waals surface area (Å²) in [7, 11) is -4.69. The Kier molecular flexibility index (Phi) is 6.01. The molecule has 0 radical (unpaired) electrons. The van der Waals surface area contributed by atoms with Gasteiger partial charge in [0.15, 0.2) is 5.78 Å². The highest BCUT2D eigenvalue weighted by Crippen LogP contribution is 2.65. The van der Waals surface area contributed by atoms with Crippen LogP contribution in [0.15, 0.2) is 5.10 Å². The third kappa shape index (κ3) is 3.49. The Morgan fingerprint density at radius 2 is 1.95 bits per heavy atom. The van der Waals surface area contributed by atoms with E-state index in [4.69, 9.17) is 9.05 Å². The van der Waals surface area contributed by atoms with Gasteiger partial charge in [-0.15, -0.1) is 0 Å². The van der Waals surface area contributed by atoms with Gasteiger partial charge in [0, 0.05) is 12.5 Å². The van der Waals surface area contributed by atoms with Gasteiger partial charge in [0.25, 0.3) is 0 Å². The smallest absolute Gasteiger partial charge is 0.309 e. The van der Waals surface area contributed by atoms with Gasteiger partial charge in [0.2, 0.25) is 0 Å². The summed E-state index contributed by atoms with van der Waals surface area (Å²) in [5.41, 5.74) is -1.76. The van der Waals surface area contributed by atoms with Crippen molar-refractivity contribution >= 4 is 19.1 Å². The van der Waals surface area contributed by atoms with Crippen LogP contribution in [0.4, 0.5) is 8.78 Å². The maximum absolute atomic E-state index is 14.6. The van der Waals surface area contributed by atoms with Crippen LogP contribution in [0.5, 0.6) is 0 Å². The lowest BCUT2D eigenvalue weighted by molar-refractivity contribution is -0.116. The van der Waals surface area contributed by atoms with E-state index in [0.29, 0.717) is 0 Å². The zero-order valence-electron chi connectivity index (χ0n) is 12.6. The first kappa shape index (κ1) is 18.2. The lowest BCUT2D eigenvalue weighted by Crippen LogP contribution is -2.40. The van der Waals surface area contributed by atoms with Gasteiger partial charge in [0.05, 0.1) is 13.2 Å². The Labute approximate surface area is 122 Å². The molecule has 1 heterocycles. The Balaban J connectivity index is 3.13. The van der Waals surface area contributed by atoms with Crippen LogP contribution in [0, 0.1) is 11.8 Å². The number of rotatable bonds is 8. The minimum atomic E-state index is -4.69. The van der Waals surface area contributed by atoms with E-state index >= 15 is 0 Å². The average Bonchev–Trinajstić information content (AvgIpc) is 2.87. The summed E-state index contributed by atoms with van der Waals surface area (Å²) >= 11 is 0. The first-order valence-electron chi connectivity index (χ1n) is 6.82. The summed E-state index contributed by atoms with van der Waals surface area (Å²) in [6.07, 6.45) is 0. The predicted molar refractivity (Wildman–Crippen MR) is 74.6 cm³/mol. The van der Waals surface area contributed by atoms with Crippen molar-refractivity contribution in [2.45, 2.75) is 33.4 Å². The van der Waals surface area contributed by atoms with Crippen molar-refractivity contribution in [1.29, 1.82) is 0 Å². The summed E-state index contributed by atoms with van der Waals surface area (Å²) in [6.45, 7) is 5.41. The van der Waals surface area contributed by atoms with Crippen molar-refractivity contribution in [3.8, 4) is 0 Å². The molecule has 0 aromatic rings. The third-order valence-electron chi connectivity index (χ3n) is 2.98. The first-order chi connectivity index (χ1) is 9.71. The molecule has 21 heavy (non-hydrogen) atoms. The fourth-order valence-corrected chi connectivity index (χ4v) is 3.64. The largest absolute Gasteiger partial charge is 0.400 e. The molecule has 0 spiro atoms. The molecule has 1 aliphatic heterocycles. The summed E-state index contributed by atoms with van der Waals surface area (Å²) in [5, 5.41) is 3.64. The lowest BCUT2D eigenvalue weighted by atomic mass is 9.95. The number of alkyl halides is 2. The zero-order valence-corrected chi connectivity index (χ0v) is 13.5. The van der Waals surface area contributed by atoms with Gasteiger partial charge in [-0.05, 0) is 13.8 Å². The van der Waals surface area contributed by atoms with Crippen molar-refractivity contribution in [2.75, 3.05) is 19.8 Å². The zero-order chi connectivity index (χ0) is 16.3. The summed E-state index contributed by atoms with van der Waals surface area (Å²) in [4.78, 5) is 12.0. The van der Waals surface area contributed by atoms with Crippen LogP contribution in [0.1, 0.15) is 27.7 Å². The second-order valence-electron chi connectivity index (χ2n) is 4.85. The molecule has 9 heteroatoms. The van der Waals surface area contributed by atoms with E-state index in [1.54, 1.807) is 13.8 Å². The number of halogens is 2. The highest BCUT2D eigenvalue weighted by molar-refractivity contribution is 7.55. The van der Waals surface area contributed by atoms with Crippen LogP contribution in [-0.4, -0.2) is 36.9 Å². The van der Waals surface area contributed by atoms with E-state index in [9.17, 15) is 18.1 Å². The second-order valence-corrected chi connectivity index (χ2v) is 6.96.